The topological polar surface area (TPSA) is 29.1 Å². The summed E-state index contributed by atoms with van der Waals surface area (Å²) in [5, 5.41) is 5.18. The number of hydrogen-bond acceptors (Lipinski definition) is 1. The molecule has 1 amide bonds. The Balaban J connectivity index is 1.90. The fourth-order valence-electron chi connectivity index (χ4n) is 2.14. The lowest BCUT2D eigenvalue weighted by Gasteiger charge is -2.08. The van der Waals surface area contributed by atoms with Crippen molar-refractivity contribution in [1.29, 1.82) is 0 Å². The maximum absolute atomic E-state index is 12.3. The number of fused-ring (bicyclic) bond motifs is 1. The summed E-state index contributed by atoms with van der Waals surface area (Å²) in [6.07, 6.45) is 0. The summed E-state index contributed by atoms with van der Waals surface area (Å²) >= 11 is 5.63. The predicted molar refractivity (Wildman–Crippen MR) is 98.8 cm³/mol. The van der Waals surface area contributed by atoms with E-state index in [0.717, 1.165) is 24.5 Å². The Morgan fingerprint density at radius 1 is 0.952 bits per heavy atom. The first kappa shape index (κ1) is 14.5. The monoisotopic (exact) mass is 451 g/mol. The van der Waals surface area contributed by atoms with Gasteiger partial charge in [-0.3, -0.25) is 4.79 Å². The highest BCUT2D eigenvalue weighted by molar-refractivity contribution is 14.1. The minimum Gasteiger partial charge on any atom is -0.322 e. The number of benzene rings is 3. The Labute approximate surface area is 144 Å². The highest BCUT2D eigenvalue weighted by Crippen LogP contribution is 2.23. The van der Waals surface area contributed by atoms with E-state index in [-0.39, 0.29) is 5.91 Å². The molecule has 3 rings (SSSR count). The first-order valence-corrected chi connectivity index (χ1v) is 8.26. The van der Waals surface area contributed by atoms with Gasteiger partial charge < -0.3 is 5.32 Å². The van der Waals surface area contributed by atoms with Crippen LogP contribution in [0.5, 0.6) is 0 Å². The molecule has 0 fully saturated rings. The molecule has 0 aromatic heterocycles. The summed E-state index contributed by atoms with van der Waals surface area (Å²) in [5.74, 6) is -0.0866. The molecule has 0 saturated carbocycles. The van der Waals surface area contributed by atoms with Crippen molar-refractivity contribution in [3.05, 3.63) is 74.3 Å². The predicted octanol–water partition coefficient (Wildman–Crippen LogP) is 5.46. The van der Waals surface area contributed by atoms with Crippen LogP contribution in [-0.4, -0.2) is 5.91 Å². The van der Waals surface area contributed by atoms with E-state index in [4.69, 9.17) is 0 Å². The van der Waals surface area contributed by atoms with Crippen LogP contribution in [0.3, 0.4) is 0 Å². The summed E-state index contributed by atoms with van der Waals surface area (Å²) in [4.78, 5) is 12.3. The minimum atomic E-state index is -0.0866. The lowest BCUT2D eigenvalue weighted by atomic mass is 10.1. The van der Waals surface area contributed by atoms with Gasteiger partial charge in [-0.2, -0.15) is 0 Å². The third kappa shape index (κ3) is 3.27. The number of amides is 1. The van der Waals surface area contributed by atoms with Gasteiger partial charge in [0.2, 0.25) is 0 Å². The molecule has 0 radical (unpaired) electrons. The van der Waals surface area contributed by atoms with Crippen LogP contribution < -0.4 is 5.32 Å². The Bertz CT molecular complexity index is 832. The molecule has 0 unspecified atom stereocenters. The Morgan fingerprint density at radius 2 is 1.67 bits per heavy atom. The second-order valence-electron chi connectivity index (χ2n) is 4.64. The molecule has 0 heterocycles. The van der Waals surface area contributed by atoms with E-state index in [1.807, 2.05) is 54.6 Å². The van der Waals surface area contributed by atoms with Crippen molar-refractivity contribution in [2.24, 2.45) is 0 Å². The first-order chi connectivity index (χ1) is 10.1. The van der Waals surface area contributed by atoms with Crippen molar-refractivity contribution in [2.75, 3.05) is 5.32 Å². The average molecular weight is 452 g/mol. The molecule has 0 aliphatic heterocycles. The molecule has 21 heavy (non-hydrogen) atoms. The second-order valence-corrected chi connectivity index (χ2v) is 6.72. The summed E-state index contributed by atoms with van der Waals surface area (Å²) in [7, 11) is 0. The molecular formula is C17H11BrINO. The number of rotatable bonds is 2. The zero-order valence-corrected chi connectivity index (χ0v) is 14.7. The molecule has 0 atom stereocenters. The highest BCUT2D eigenvalue weighted by Gasteiger charge is 2.09. The normalized spacial score (nSPS) is 10.6. The first-order valence-electron chi connectivity index (χ1n) is 6.39. The van der Waals surface area contributed by atoms with Gasteiger partial charge in [0.1, 0.15) is 0 Å². The maximum atomic E-state index is 12.3. The Hall–Kier alpha value is -1.40. The van der Waals surface area contributed by atoms with Gasteiger partial charge in [0.25, 0.3) is 5.91 Å². The SMILES string of the molecule is O=C(Nc1ccc2cc(Br)ccc2c1)c1ccccc1I. The quantitative estimate of drug-likeness (QED) is 0.515. The molecule has 0 spiro atoms. The summed E-state index contributed by atoms with van der Waals surface area (Å²) in [5.41, 5.74) is 1.49. The van der Waals surface area contributed by atoms with E-state index < -0.39 is 0 Å². The number of hydrogen-bond donors (Lipinski definition) is 1. The third-order valence-corrected chi connectivity index (χ3v) is 4.61. The molecule has 104 valence electrons. The van der Waals surface area contributed by atoms with Crippen molar-refractivity contribution in [3.8, 4) is 0 Å². The number of nitrogens with one attached hydrogen (secondary N) is 1. The minimum absolute atomic E-state index is 0.0866. The van der Waals surface area contributed by atoms with Crippen LogP contribution in [0.1, 0.15) is 10.4 Å². The van der Waals surface area contributed by atoms with Crippen molar-refractivity contribution >= 4 is 60.9 Å². The van der Waals surface area contributed by atoms with Gasteiger partial charge in [-0.05, 0) is 69.8 Å². The lowest BCUT2D eigenvalue weighted by Crippen LogP contribution is -2.13. The highest BCUT2D eigenvalue weighted by atomic mass is 127. The fourth-order valence-corrected chi connectivity index (χ4v) is 3.15. The molecule has 0 aliphatic rings. The van der Waals surface area contributed by atoms with Crippen LogP contribution in [0.15, 0.2) is 65.1 Å². The van der Waals surface area contributed by atoms with Crippen LogP contribution >= 0.6 is 38.5 Å². The molecule has 0 saturated heterocycles. The van der Waals surface area contributed by atoms with Crippen LogP contribution in [0, 0.1) is 3.57 Å². The number of carbonyl (C=O) groups excluding carboxylic acids is 1. The zero-order valence-electron chi connectivity index (χ0n) is 10.9. The van der Waals surface area contributed by atoms with Gasteiger partial charge in [-0.25, -0.2) is 0 Å². The molecule has 3 aromatic rings. The largest absolute Gasteiger partial charge is 0.322 e. The van der Waals surface area contributed by atoms with Crippen molar-refractivity contribution in [2.45, 2.75) is 0 Å². The van der Waals surface area contributed by atoms with E-state index >= 15 is 0 Å². The molecule has 2 nitrogen and oxygen atoms in total. The smallest absolute Gasteiger partial charge is 0.256 e. The molecule has 0 bridgehead atoms. The van der Waals surface area contributed by atoms with E-state index in [0.29, 0.717) is 5.56 Å². The second kappa shape index (κ2) is 6.15. The van der Waals surface area contributed by atoms with Gasteiger partial charge in [-0.15, -0.1) is 0 Å². The van der Waals surface area contributed by atoms with E-state index in [1.165, 1.54) is 0 Å². The van der Waals surface area contributed by atoms with Crippen molar-refractivity contribution < 1.29 is 4.79 Å². The molecule has 3 aromatic carbocycles. The van der Waals surface area contributed by atoms with Crippen LogP contribution in [0.2, 0.25) is 0 Å². The van der Waals surface area contributed by atoms with E-state index in [1.54, 1.807) is 0 Å². The molecular weight excluding hydrogens is 441 g/mol. The van der Waals surface area contributed by atoms with E-state index in [2.05, 4.69) is 49.9 Å². The molecule has 0 aliphatic carbocycles. The van der Waals surface area contributed by atoms with Gasteiger partial charge >= 0.3 is 0 Å². The van der Waals surface area contributed by atoms with Crippen LogP contribution in [0.25, 0.3) is 10.8 Å². The number of carbonyl (C=O) groups is 1. The Kier molecular flexibility index (Phi) is 4.26. The third-order valence-electron chi connectivity index (χ3n) is 3.18. The van der Waals surface area contributed by atoms with E-state index in [9.17, 15) is 4.79 Å². The number of anilines is 1. The standard InChI is InChI=1S/C17H11BrINO/c18-13-7-5-12-10-14(8-6-11(12)9-13)20-17(21)15-3-1-2-4-16(15)19/h1-10H,(H,20,21). The van der Waals surface area contributed by atoms with Crippen molar-refractivity contribution in [1.82, 2.24) is 0 Å². The van der Waals surface area contributed by atoms with Crippen LogP contribution in [-0.2, 0) is 0 Å². The van der Waals surface area contributed by atoms with Gasteiger partial charge in [-0.1, -0.05) is 40.2 Å². The summed E-state index contributed by atoms with van der Waals surface area (Å²) in [6, 6.07) is 19.5. The van der Waals surface area contributed by atoms with Crippen molar-refractivity contribution in [3.63, 3.8) is 0 Å². The fraction of sp³-hybridized carbons (Fsp3) is 0. The molecule has 4 heteroatoms. The lowest BCUT2D eigenvalue weighted by molar-refractivity contribution is 0.102. The zero-order chi connectivity index (χ0) is 14.8. The Morgan fingerprint density at radius 3 is 2.48 bits per heavy atom. The van der Waals surface area contributed by atoms with Gasteiger partial charge in [0, 0.05) is 13.7 Å². The summed E-state index contributed by atoms with van der Waals surface area (Å²) < 4.78 is 1.99. The number of halogens is 2. The average Bonchev–Trinajstić information content (AvgIpc) is 2.48. The van der Waals surface area contributed by atoms with Gasteiger partial charge in [0.05, 0.1) is 5.56 Å². The van der Waals surface area contributed by atoms with Gasteiger partial charge in [0.15, 0.2) is 0 Å². The maximum Gasteiger partial charge on any atom is 0.256 e. The van der Waals surface area contributed by atoms with Crippen LogP contribution in [0.4, 0.5) is 5.69 Å². The summed E-state index contributed by atoms with van der Waals surface area (Å²) in [6.45, 7) is 0. The molecule has 1 N–H and O–H groups in total.